The maximum absolute atomic E-state index is 13.4. The maximum atomic E-state index is 13.4. The molecule has 0 bridgehead atoms. The van der Waals surface area contributed by atoms with E-state index in [1.165, 1.54) is 12.1 Å². The van der Waals surface area contributed by atoms with Crippen molar-refractivity contribution in [1.82, 2.24) is 0 Å². The standard InChI is InChI=1S/C10H13ClFNO2.ClH/c1-2-15-10-7(11)3-6(4-8(10)12)9(13)5-14;/h3-4,9,14H,2,5,13H2,1H3;1H/t9-;/m1./s1. The van der Waals surface area contributed by atoms with E-state index in [1.807, 2.05) is 0 Å². The lowest BCUT2D eigenvalue weighted by Gasteiger charge is -2.12. The molecule has 0 saturated heterocycles. The zero-order valence-electron chi connectivity index (χ0n) is 8.74. The van der Waals surface area contributed by atoms with Crippen LogP contribution in [-0.2, 0) is 0 Å². The Bertz CT molecular complexity index is 327. The summed E-state index contributed by atoms with van der Waals surface area (Å²) in [6, 6.07) is 2.08. The number of benzene rings is 1. The van der Waals surface area contributed by atoms with E-state index in [-0.39, 0.29) is 29.8 Å². The minimum Gasteiger partial charge on any atom is -0.489 e. The summed E-state index contributed by atoms with van der Waals surface area (Å²) in [7, 11) is 0. The van der Waals surface area contributed by atoms with Crippen molar-refractivity contribution in [2.75, 3.05) is 13.2 Å². The summed E-state index contributed by atoms with van der Waals surface area (Å²) in [4.78, 5) is 0. The van der Waals surface area contributed by atoms with Crippen LogP contribution in [0.3, 0.4) is 0 Å². The first-order chi connectivity index (χ1) is 7.10. The Morgan fingerprint density at radius 3 is 2.62 bits per heavy atom. The molecule has 0 aromatic heterocycles. The predicted molar refractivity (Wildman–Crippen MR) is 63.8 cm³/mol. The molecule has 1 aromatic rings. The van der Waals surface area contributed by atoms with Gasteiger partial charge in [0, 0.05) is 0 Å². The lowest BCUT2D eigenvalue weighted by Crippen LogP contribution is -2.14. The minimum absolute atomic E-state index is 0. The number of ether oxygens (including phenoxy) is 1. The molecule has 1 rings (SSSR count). The van der Waals surface area contributed by atoms with Crippen LogP contribution in [0.5, 0.6) is 5.75 Å². The van der Waals surface area contributed by atoms with Crippen molar-refractivity contribution >= 4 is 24.0 Å². The molecule has 0 amide bonds. The number of hydrogen-bond donors (Lipinski definition) is 2. The topological polar surface area (TPSA) is 55.5 Å². The van der Waals surface area contributed by atoms with Crippen molar-refractivity contribution in [3.8, 4) is 5.75 Å². The Balaban J connectivity index is 0.00000225. The fourth-order valence-corrected chi connectivity index (χ4v) is 1.45. The maximum Gasteiger partial charge on any atom is 0.173 e. The van der Waals surface area contributed by atoms with E-state index in [9.17, 15) is 4.39 Å². The van der Waals surface area contributed by atoms with Crippen LogP contribution in [0.15, 0.2) is 12.1 Å². The highest BCUT2D eigenvalue weighted by molar-refractivity contribution is 6.32. The second kappa shape index (κ2) is 6.91. The fourth-order valence-electron chi connectivity index (χ4n) is 1.18. The molecule has 16 heavy (non-hydrogen) atoms. The summed E-state index contributed by atoms with van der Waals surface area (Å²) in [5.41, 5.74) is 5.99. The molecular formula is C10H14Cl2FNO2. The summed E-state index contributed by atoms with van der Waals surface area (Å²) in [5, 5.41) is 8.98. The average Bonchev–Trinajstić information content (AvgIpc) is 2.22. The van der Waals surface area contributed by atoms with Crippen LogP contribution in [-0.4, -0.2) is 18.3 Å². The molecule has 0 aliphatic rings. The molecule has 1 atom stereocenters. The van der Waals surface area contributed by atoms with Gasteiger partial charge in [0.2, 0.25) is 0 Å². The number of halogens is 3. The molecule has 92 valence electrons. The van der Waals surface area contributed by atoms with Gasteiger partial charge in [0.05, 0.1) is 24.3 Å². The number of hydrogen-bond acceptors (Lipinski definition) is 3. The quantitative estimate of drug-likeness (QED) is 0.882. The Hall–Kier alpha value is -0.550. The molecular weight excluding hydrogens is 256 g/mol. The summed E-state index contributed by atoms with van der Waals surface area (Å²) < 4.78 is 18.5. The lowest BCUT2D eigenvalue weighted by atomic mass is 10.1. The first-order valence-corrected chi connectivity index (χ1v) is 4.96. The highest BCUT2D eigenvalue weighted by atomic mass is 35.5. The first-order valence-electron chi connectivity index (χ1n) is 4.58. The third kappa shape index (κ3) is 3.49. The molecule has 0 aliphatic carbocycles. The molecule has 0 heterocycles. The second-order valence-electron chi connectivity index (χ2n) is 3.04. The van der Waals surface area contributed by atoms with Crippen LogP contribution in [0.2, 0.25) is 5.02 Å². The Morgan fingerprint density at radius 1 is 1.56 bits per heavy atom. The minimum atomic E-state index is -0.632. The van der Waals surface area contributed by atoms with Gasteiger partial charge >= 0.3 is 0 Å². The van der Waals surface area contributed by atoms with Crippen LogP contribution >= 0.6 is 24.0 Å². The van der Waals surface area contributed by atoms with Crippen LogP contribution in [0.1, 0.15) is 18.5 Å². The second-order valence-corrected chi connectivity index (χ2v) is 3.44. The van der Waals surface area contributed by atoms with Crippen LogP contribution in [0.25, 0.3) is 0 Å². The van der Waals surface area contributed by atoms with Crippen molar-refractivity contribution in [3.63, 3.8) is 0 Å². The third-order valence-corrected chi connectivity index (χ3v) is 2.21. The highest BCUT2D eigenvalue weighted by Crippen LogP contribution is 2.30. The van der Waals surface area contributed by atoms with E-state index in [2.05, 4.69) is 0 Å². The molecule has 0 unspecified atom stereocenters. The predicted octanol–water partition coefficient (Wildman–Crippen LogP) is 2.29. The number of nitrogens with two attached hydrogens (primary N) is 1. The van der Waals surface area contributed by atoms with E-state index in [0.717, 1.165) is 0 Å². The normalized spacial score (nSPS) is 11.8. The van der Waals surface area contributed by atoms with Gasteiger partial charge in [-0.3, -0.25) is 0 Å². The summed E-state index contributed by atoms with van der Waals surface area (Å²) in [5.74, 6) is -0.545. The summed E-state index contributed by atoms with van der Waals surface area (Å²) >= 11 is 5.81. The largest absolute Gasteiger partial charge is 0.489 e. The van der Waals surface area contributed by atoms with E-state index in [0.29, 0.717) is 12.2 Å². The van der Waals surface area contributed by atoms with Gasteiger partial charge in [-0.2, -0.15) is 0 Å². The monoisotopic (exact) mass is 269 g/mol. The summed E-state index contributed by atoms with van der Waals surface area (Å²) in [6.07, 6.45) is 0. The number of aliphatic hydroxyl groups is 1. The highest BCUT2D eigenvalue weighted by Gasteiger charge is 2.13. The van der Waals surface area contributed by atoms with Crippen molar-refractivity contribution in [2.24, 2.45) is 5.73 Å². The average molecular weight is 270 g/mol. The first kappa shape index (κ1) is 15.4. The lowest BCUT2D eigenvalue weighted by molar-refractivity contribution is 0.267. The van der Waals surface area contributed by atoms with Crippen molar-refractivity contribution in [2.45, 2.75) is 13.0 Å². The van der Waals surface area contributed by atoms with Gasteiger partial charge < -0.3 is 15.6 Å². The summed E-state index contributed by atoms with van der Waals surface area (Å²) in [6.45, 7) is 1.81. The zero-order valence-corrected chi connectivity index (χ0v) is 10.3. The van der Waals surface area contributed by atoms with Gasteiger partial charge in [-0.05, 0) is 24.6 Å². The molecule has 3 nitrogen and oxygen atoms in total. The van der Waals surface area contributed by atoms with Gasteiger partial charge in [-0.25, -0.2) is 4.39 Å². The van der Waals surface area contributed by atoms with E-state index >= 15 is 0 Å². The third-order valence-electron chi connectivity index (χ3n) is 1.93. The van der Waals surface area contributed by atoms with E-state index < -0.39 is 11.9 Å². The van der Waals surface area contributed by atoms with Crippen LogP contribution in [0, 0.1) is 5.82 Å². The molecule has 0 fully saturated rings. The van der Waals surface area contributed by atoms with Crippen LogP contribution < -0.4 is 10.5 Å². The van der Waals surface area contributed by atoms with E-state index in [1.54, 1.807) is 6.92 Å². The van der Waals surface area contributed by atoms with Gasteiger partial charge in [-0.1, -0.05) is 11.6 Å². The smallest absolute Gasteiger partial charge is 0.173 e. The SMILES string of the molecule is CCOc1c(F)cc([C@H](N)CO)cc1Cl.Cl. The fraction of sp³-hybridized carbons (Fsp3) is 0.400. The van der Waals surface area contributed by atoms with Crippen molar-refractivity contribution < 1.29 is 14.2 Å². The van der Waals surface area contributed by atoms with Gasteiger partial charge in [0.1, 0.15) is 0 Å². The van der Waals surface area contributed by atoms with Crippen molar-refractivity contribution in [3.05, 3.63) is 28.5 Å². The molecule has 1 aromatic carbocycles. The Kier molecular flexibility index (Phi) is 6.67. The van der Waals surface area contributed by atoms with Gasteiger partial charge in [-0.15, -0.1) is 12.4 Å². The van der Waals surface area contributed by atoms with Gasteiger partial charge in [0.15, 0.2) is 11.6 Å². The zero-order chi connectivity index (χ0) is 11.4. The van der Waals surface area contributed by atoms with E-state index in [4.69, 9.17) is 27.2 Å². The molecule has 0 aliphatic heterocycles. The molecule has 0 radical (unpaired) electrons. The molecule has 0 saturated carbocycles. The Labute approximate surface area is 105 Å². The molecule has 6 heteroatoms. The molecule has 0 spiro atoms. The number of rotatable bonds is 4. The van der Waals surface area contributed by atoms with Gasteiger partial charge in [0.25, 0.3) is 0 Å². The Morgan fingerprint density at radius 2 is 2.19 bits per heavy atom. The molecule has 3 N–H and O–H groups in total. The number of aliphatic hydroxyl groups excluding tert-OH is 1. The van der Waals surface area contributed by atoms with Crippen molar-refractivity contribution in [1.29, 1.82) is 0 Å². The van der Waals surface area contributed by atoms with Crippen LogP contribution in [0.4, 0.5) is 4.39 Å².